The lowest BCUT2D eigenvalue weighted by Crippen LogP contribution is -2.23. The Morgan fingerprint density at radius 1 is 1.24 bits per heavy atom. The summed E-state index contributed by atoms with van der Waals surface area (Å²) in [5, 5.41) is 6.26. The van der Waals surface area contributed by atoms with Gasteiger partial charge in [-0.25, -0.2) is 15.0 Å². The highest BCUT2D eigenvalue weighted by atomic mass is 32.1. The fourth-order valence-electron chi connectivity index (χ4n) is 2.60. The molecule has 0 aliphatic heterocycles. The van der Waals surface area contributed by atoms with Crippen LogP contribution in [0.25, 0.3) is 21.4 Å². The molecular formula is C16H15N7OS. The summed E-state index contributed by atoms with van der Waals surface area (Å²) in [6.45, 7) is 0.353. The van der Waals surface area contributed by atoms with Crippen molar-refractivity contribution in [3.8, 4) is 0 Å². The van der Waals surface area contributed by atoms with Gasteiger partial charge in [-0.2, -0.15) is 0 Å². The van der Waals surface area contributed by atoms with E-state index in [1.807, 2.05) is 29.8 Å². The zero-order valence-corrected chi connectivity index (χ0v) is 14.5. The number of rotatable bonds is 4. The molecule has 4 rings (SSSR count). The summed E-state index contributed by atoms with van der Waals surface area (Å²) < 4.78 is 1.88. The van der Waals surface area contributed by atoms with E-state index in [2.05, 4.69) is 30.6 Å². The number of nitrogens with zero attached hydrogens (tertiary/aromatic N) is 5. The van der Waals surface area contributed by atoms with E-state index >= 15 is 0 Å². The van der Waals surface area contributed by atoms with Crippen molar-refractivity contribution >= 4 is 44.4 Å². The molecule has 0 saturated heterocycles. The fraction of sp³-hybridized carbons (Fsp3) is 0.188. The number of aromatic nitrogens is 5. The van der Waals surface area contributed by atoms with Crippen molar-refractivity contribution in [2.75, 3.05) is 12.4 Å². The first-order chi connectivity index (χ1) is 12.2. The van der Waals surface area contributed by atoms with Crippen LogP contribution in [0.1, 0.15) is 15.5 Å². The number of carbonyl (C=O) groups is 1. The monoisotopic (exact) mass is 353 g/mol. The van der Waals surface area contributed by atoms with Gasteiger partial charge in [-0.05, 0) is 12.1 Å². The third-order valence-corrected chi connectivity index (χ3v) is 4.74. The lowest BCUT2D eigenvalue weighted by molar-refractivity contribution is 0.0950. The van der Waals surface area contributed by atoms with Gasteiger partial charge in [0.05, 0.1) is 18.6 Å². The number of thiazole rings is 1. The van der Waals surface area contributed by atoms with Crippen molar-refractivity contribution in [3.63, 3.8) is 0 Å². The molecule has 4 heterocycles. The quantitative estimate of drug-likeness (QED) is 0.582. The van der Waals surface area contributed by atoms with Gasteiger partial charge in [0.2, 0.25) is 0 Å². The van der Waals surface area contributed by atoms with Gasteiger partial charge in [0.15, 0.2) is 10.8 Å². The van der Waals surface area contributed by atoms with Crippen LogP contribution in [0.15, 0.2) is 30.7 Å². The molecule has 0 atom stereocenters. The Kier molecular flexibility index (Phi) is 3.77. The first-order valence-corrected chi connectivity index (χ1v) is 8.46. The van der Waals surface area contributed by atoms with Crippen LogP contribution in [-0.2, 0) is 13.6 Å². The molecule has 0 bridgehead atoms. The number of hydrogen-bond donors (Lipinski definition) is 2. The second kappa shape index (κ2) is 6.10. The van der Waals surface area contributed by atoms with Gasteiger partial charge in [-0.15, -0.1) is 0 Å². The average molecular weight is 353 g/mol. The number of aryl methyl sites for hydroxylation is 1. The number of amides is 1. The maximum absolute atomic E-state index is 12.4. The van der Waals surface area contributed by atoms with Crippen LogP contribution in [0.4, 0.5) is 5.82 Å². The van der Waals surface area contributed by atoms with Crippen molar-refractivity contribution < 1.29 is 4.79 Å². The van der Waals surface area contributed by atoms with Crippen LogP contribution in [-0.4, -0.2) is 37.5 Å². The summed E-state index contributed by atoms with van der Waals surface area (Å²) >= 11 is 1.26. The number of pyridine rings is 2. The maximum atomic E-state index is 12.4. The highest BCUT2D eigenvalue weighted by Gasteiger charge is 2.19. The lowest BCUT2D eigenvalue weighted by atomic mass is 10.3. The standard InChI is InChI=1S/C16H15N7OS/c1-17-13-10-12(23(2)8-20-10)11-15(22-13)25-16(21-11)14(24)19-7-9-5-3-4-6-18-9/h3-6,8H,7H2,1-2H3,(H,17,22)(H,19,24). The molecule has 0 aromatic carbocycles. The molecule has 126 valence electrons. The molecule has 0 saturated carbocycles. The number of hydrogen-bond acceptors (Lipinski definition) is 7. The summed E-state index contributed by atoms with van der Waals surface area (Å²) in [5.41, 5.74) is 3.07. The minimum Gasteiger partial charge on any atom is -0.371 e. The van der Waals surface area contributed by atoms with Gasteiger partial charge in [-0.1, -0.05) is 17.4 Å². The number of anilines is 1. The van der Waals surface area contributed by atoms with Gasteiger partial charge in [0.25, 0.3) is 5.91 Å². The first-order valence-electron chi connectivity index (χ1n) is 7.65. The Bertz CT molecular complexity index is 1070. The number of fused-ring (bicyclic) bond motifs is 3. The lowest BCUT2D eigenvalue weighted by Gasteiger charge is -2.01. The molecule has 0 aliphatic carbocycles. The molecule has 2 N–H and O–H groups in total. The Hall–Kier alpha value is -3.07. The second-order valence-corrected chi connectivity index (χ2v) is 6.42. The molecule has 4 aromatic heterocycles. The predicted molar refractivity (Wildman–Crippen MR) is 96.6 cm³/mol. The smallest absolute Gasteiger partial charge is 0.280 e. The summed E-state index contributed by atoms with van der Waals surface area (Å²) in [4.78, 5) is 30.7. The van der Waals surface area contributed by atoms with E-state index in [-0.39, 0.29) is 5.91 Å². The third kappa shape index (κ3) is 2.68. The van der Waals surface area contributed by atoms with Gasteiger partial charge in [0, 0.05) is 20.3 Å². The summed E-state index contributed by atoms with van der Waals surface area (Å²) in [5.74, 6) is 0.433. The van der Waals surface area contributed by atoms with Crippen LogP contribution in [0.5, 0.6) is 0 Å². The van der Waals surface area contributed by atoms with Gasteiger partial charge in [0.1, 0.15) is 21.4 Å². The van der Waals surface area contributed by atoms with E-state index in [9.17, 15) is 4.79 Å². The molecule has 0 radical (unpaired) electrons. The SMILES string of the molecule is CNc1nc2sc(C(=O)NCc3ccccn3)nc2c2c1ncn2C. The molecule has 0 spiro atoms. The largest absolute Gasteiger partial charge is 0.371 e. The Morgan fingerprint density at radius 3 is 2.88 bits per heavy atom. The maximum Gasteiger partial charge on any atom is 0.280 e. The van der Waals surface area contributed by atoms with E-state index in [0.29, 0.717) is 27.7 Å². The highest BCUT2D eigenvalue weighted by molar-refractivity contribution is 7.20. The zero-order chi connectivity index (χ0) is 17.4. The topological polar surface area (TPSA) is 97.6 Å². The minimum atomic E-state index is -0.241. The van der Waals surface area contributed by atoms with E-state index < -0.39 is 0 Å². The van der Waals surface area contributed by atoms with Crippen molar-refractivity contribution in [2.24, 2.45) is 7.05 Å². The molecule has 4 aromatic rings. The van der Waals surface area contributed by atoms with Crippen molar-refractivity contribution in [1.29, 1.82) is 0 Å². The Labute approximate surface area is 147 Å². The normalized spacial score (nSPS) is 11.1. The van der Waals surface area contributed by atoms with Gasteiger partial charge in [-0.3, -0.25) is 9.78 Å². The number of carbonyl (C=O) groups excluding carboxylic acids is 1. The van der Waals surface area contributed by atoms with Gasteiger partial charge >= 0.3 is 0 Å². The van der Waals surface area contributed by atoms with Crippen molar-refractivity contribution in [1.82, 2.24) is 29.8 Å². The molecule has 8 nitrogen and oxygen atoms in total. The fourth-order valence-corrected chi connectivity index (χ4v) is 3.46. The molecule has 0 aliphatic rings. The third-order valence-electron chi connectivity index (χ3n) is 3.80. The molecule has 25 heavy (non-hydrogen) atoms. The van der Waals surface area contributed by atoms with Crippen LogP contribution in [0.3, 0.4) is 0 Å². The predicted octanol–water partition coefficient (Wildman–Crippen LogP) is 1.94. The molecule has 0 unspecified atom stereocenters. The molecular weight excluding hydrogens is 338 g/mol. The average Bonchev–Trinajstić information content (AvgIpc) is 3.23. The van der Waals surface area contributed by atoms with E-state index in [1.54, 1.807) is 19.6 Å². The second-order valence-electron chi connectivity index (χ2n) is 5.44. The van der Waals surface area contributed by atoms with E-state index in [0.717, 1.165) is 16.7 Å². The van der Waals surface area contributed by atoms with Crippen LogP contribution >= 0.6 is 11.3 Å². The molecule has 0 fully saturated rings. The number of nitrogens with one attached hydrogen (secondary N) is 2. The zero-order valence-electron chi connectivity index (χ0n) is 13.6. The Morgan fingerprint density at radius 2 is 2.12 bits per heavy atom. The highest BCUT2D eigenvalue weighted by Crippen LogP contribution is 2.30. The summed E-state index contributed by atoms with van der Waals surface area (Å²) in [6, 6.07) is 5.58. The first kappa shape index (κ1) is 15.5. The molecule has 1 amide bonds. The van der Waals surface area contributed by atoms with Crippen LogP contribution in [0, 0.1) is 0 Å². The number of imidazole rings is 1. The van der Waals surface area contributed by atoms with E-state index in [4.69, 9.17) is 0 Å². The molecule has 9 heteroatoms. The van der Waals surface area contributed by atoms with E-state index in [1.165, 1.54) is 11.3 Å². The van der Waals surface area contributed by atoms with Crippen LogP contribution < -0.4 is 10.6 Å². The van der Waals surface area contributed by atoms with Crippen molar-refractivity contribution in [2.45, 2.75) is 6.54 Å². The van der Waals surface area contributed by atoms with Crippen molar-refractivity contribution in [3.05, 3.63) is 41.4 Å². The Balaban J connectivity index is 1.70. The minimum absolute atomic E-state index is 0.241. The summed E-state index contributed by atoms with van der Waals surface area (Å²) in [7, 11) is 3.69. The van der Waals surface area contributed by atoms with Crippen LogP contribution in [0.2, 0.25) is 0 Å². The summed E-state index contributed by atoms with van der Waals surface area (Å²) in [6.07, 6.45) is 3.41. The van der Waals surface area contributed by atoms with Gasteiger partial charge < -0.3 is 15.2 Å².